The summed E-state index contributed by atoms with van der Waals surface area (Å²) >= 11 is 1.47. The van der Waals surface area contributed by atoms with Crippen LogP contribution in [0.2, 0.25) is 0 Å². The Balaban J connectivity index is 1.83. The van der Waals surface area contributed by atoms with Gasteiger partial charge < -0.3 is 4.74 Å². The number of aromatic nitrogens is 1. The fraction of sp³-hybridized carbons (Fsp3) is 0.667. The summed E-state index contributed by atoms with van der Waals surface area (Å²) in [7, 11) is 1.50. The predicted molar refractivity (Wildman–Crippen MR) is 71.7 cm³/mol. The number of methoxy groups -OCH3 is 1. The van der Waals surface area contributed by atoms with Gasteiger partial charge in [0.1, 0.15) is 6.61 Å². The monoisotopic (exact) mass is 269 g/mol. The lowest BCUT2D eigenvalue weighted by atomic mass is 10.1. The van der Waals surface area contributed by atoms with E-state index < -0.39 is 0 Å². The van der Waals surface area contributed by atoms with Gasteiger partial charge in [-0.25, -0.2) is 4.98 Å². The van der Waals surface area contributed by atoms with Crippen molar-refractivity contribution in [3.8, 4) is 0 Å². The summed E-state index contributed by atoms with van der Waals surface area (Å²) in [5, 5.41) is 5.39. The number of amides is 1. The second kappa shape index (κ2) is 6.82. The van der Waals surface area contributed by atoms with Crippen LogP contribution < -0.4 is 5.32 Å². The van der Waals surface area contributed by atoms with Crippen molar-refractivity contribution in [2.24, 2.45) is 0 Å². The van der Waals surface area contributed by atoms with Gasteiger partial charge in [-0.1, -0.05) is 6.42 Å². The van der Waals surface area contributed by atoms with Crippen LogP contribution in [-0.2, 0) is 16.1 Å². The number of nitrogens with zero attached hydrogens (tertiary/aromatic N) is 2. The number of carbonyl (C=O) groups is 1. The van der Waals surface area contributed by atoms with E-state index in [4.69, 9.17) is 4.74 Å². The van der Waals surface area contributed by atoms with Crippen molar-refractivity contribution >= 4 is 22.4 Å². The van der Waals surface area contributed by atoms with Crippen LogP contribution >= 0.6 is 11.3 Å². The van der Waals surface area contributed by atoms with E-state index in [-0.39, 0.29) is 12.5 Å². The number of hydrogen-bond donors (Lipinski definition) is 1. The Kier molecular flexibility index (Phi) is 5.10. The molecule has 1 fully saturated rings. The minimum absolute atomic E-state index is 0.0705. The van der Waals surface area contributed by atoms with E-state index >= 15 is 0 Å². The highest BCUT2D eigenvalue weighted by Crippen LogP contribution is 2.18. The Morgan fingerprint density at radius 3 is 3.00 bits per heavy atom. The summed E-state index contributed by atoms with van der Waals surface area (Å²) in [5.74, 6) is -0.156. The minimum Gasteiger partial charge on any atom is -0.375 e. The molecule has 2 heterocycles. The van der Waals surface area contributed by atoms with E-state index in [9.17, 15) is 4.79 Å². The molecule has 1 aromatic rings. The first kappa shape index (κ1) is 13.5. The normalized spacial score (nSPS) is 16.7. The quantitative estimate of drug-likeness (QED) is 0.884. The first-order chi connectivity index (χ1) is 8.78. The van der Waals surface area contributed by atoms with Crippen molar-refractivity contribution in [3.63, 3.8) is 0 Å². The van der Waals surface area contributed by atoms with Crippen LogP contribution in [0.4, 0.5) is 5.13 Å². The molecule has 1 saturated heterocycles. The maximum Gasteiger partial charge on any atom is 0.252 e. The molecule has 18 heavy (non-hydrogen) atoms. The molecule has 0 unspecified atom stereocenters. The summed E-state index contributed by atoms with van der Waals surface area (Å²) in [6.07, 6.45) is 3.90. The van der Waals surface area contributed by atoms with Gasteiger partial charge in [-0.15, -0.1) is 11.3 Å². The van der Waals surface area contributed by atoms with E-state index in [1.807, 2.05) is 5.38 Å². The Hall–Kier alpha value is -0.980. The van der Waals surface area contributed by atoms with Crippen molar-refractivity contribution < 1.29 is 9.53 Å². The summed E-state index contributed by atoms with van der Waals surface area (Å²) in [5.41, 5.74) is 1.04. The number of rotatable bonds is 5. The molecule has 0 atom stereocenters. The first-order valence-corrected chi connectivity index (χ1v) is 7.11. The average molecular weight is 269 g/mol. The van der Waals surface area contributed by atoms with E-state index in [1.165, 1.54) is 37.7 Å². The van der Waals surface area contributed by atoms with Gasteiger partial charge in [0.05, 0.1) is 5.69 Å². The predicted octanol–water partition coefficient (Wildman–Crippen LogP) is 1.71. The zero-order valence-electron chi connectivity index (χ0n) is 10.6. The van der Waals surface area contributed by atoms with E-state index in [1.54, 1.807) is 0 Å². The Morgan fingerprint density at radius 1 is 1.50 bits per heavy atom. The number of hydrogen-bond acceptors (Lipinski definition) is 5. The lowest BCUT2D eigenvalue weighted by Crippen LogP contribution is -2.29. The number of likely N-dealkylation sites (tertiary alicyclic amines) is 1. The van der Waals surface area contributed by atoms with Gasteiger partial charge >= 0.3 is 0 Å². The number of piperidine rings is 1. The highest BCUT2D eigenvalue weighted by Gasteiger charge is 2.12. The molecule has 100 valence electrons. The van der Waals surface area contributed by atoms with Crippen LogP contribution in [0.3, 0.4) is 0 Å². The summed E-state index contributed by atoms with van der Waals surface area (Å²) < 4.78 is 4.76. The Bertz CT molecular complexity index is 388. The van der Waals surface area contributed by atoms with E-state index in [0.717, 1.165) is 25.3 Å². The molecule has 5 nitrogen and oxygen atoms in total. The third-order valence-electron chi connectivity index (χ3n) is 2.91. The fourth-order valence-corrected chi connectivity index (χ4v) is 2.79. The topological polar surface area (TPSA) is 54.5 Å². The highest BCUT2D eigenvalue weighted by molar-refractivity contribution is 7.13. The van der Waals surface area contributed by atoms with Crippen molar-refractivity contribution in [2.45, 2.75) is 25.8 Å². The summed E-state index contributed by atoms with van der Waals surface area (Å²) in [6.45, 7) is 3.27. The largest absolute Gasteiger partial charge is 0.375 e. The number of anilines is 1. The second-order valence-electron chi connectivity index (χ2n) is 4.46. The molecule has 0 aromatic carbocycles. The van der Waals surface area contributed by atoms with Gasteiger partial charge in [-0.05, 0) is 25.9 Å². The SMILES string of the molecule is COCC(=O)Nc1nc(CN2CCCCC2)cs1. The first-order valence-electron chi connectivity index (χ1n) is 6.23. The average Bonchev–Trinajstić information content (AvgIpc) is 2.78. The number of nitrogens with one attached hydrogen (secondary N) is 1. The zero-order chi connectivity index (χ0) is 12.8. The standard InChI is InChI=1S/C12H19N3O2S/c1-17-8-11(16)14-12-13-10(9-18-12)7-15-5-3-2-4-6-15/h9H,2-8H2,1H3,(H,13,14,16). The highest BCUT2D eigenvalue weighted by atomic mass is 32.1. The van der Waals surface area contributed by atoms with Gasteiger partial charge in [0.25, 0.3) is 5.91 Å². The van der Waals surface area contributed by atoms with Crippen LogP contribution in [-0.4, -0.2) is 42.6 Å². The molecule has 0 radical (unpaired) electrons. The van der Waals surface area contributed by atoms with Gasteiger partial charge in [-0.3, -0.25) is 15.0 Å². The molecule has 1 aromatic heterocycles. The molecule has 1 aliphatic rings. The third-order valence-corrected chi connectivity index (χ3v) is 3.71. The molecular formula is C12H19N3O2S. The molecule has 0 spiro atoms. The summed E-state index contributed by atoms with van der Waals surface area (Å²) in [4.78, 5) is 18.2. The van der Waals surface area contributed by atoms with Crippen molar-refractivity contribution in [1.82, 2.24) is 9.88 Å². The van der Waals surface area contributed by atoms with Crippen LogP contribution in [0.1, 0.15) is 25.0 Å². The van der Waals surface area contributed by atoms with Crippen LogP contribution in [0.25, 0.3) is 0 Å². The number of ether oxygens (including phenoxy) is 1. The lowest BCUT2D eigenvalue weighted by molar-refractivity contribution is -0.119. The molecule has 6 heteroatoms. The molecule has 1 aliphatic heterocycles. The van der Waals surface area contributed by atoms with E-state index in [2.05, 4.69) is 15.2 Å². The minimum atomic E-state index is -0.156. The Labute approximate surface area is 111 Å². The van der Waals surface area contributed by atoms with Crippen molar-refractivity contribution in [1.29, 1.82) is 0 Å². The molecule has 0 saturated carbocycles. The van der Waals surface area contributed by atoms with Gasteiger partial charge in [-0.2, -0.15) is 0 Å². The van der Waals surface area contributed by atoms with E-state index in [0.29, 0.717) is 5.13 Å². The van der Waals surface area contributed by atoms with Gasteiger partial charge in [0.15, 0.2) is 5.13 Å². The molecule has 1 amide bonds. The van der Waals surface area contributed by atoms with Crippen LogP contribution in [0, 0.1) is 0 Å². The summed E-state index contributed by atoms with van der Waals surface area (Å²) in [6, 6.07) is 0. The van der Waals surface area contributed by atoms with Crippen molar-refractivity contribution in [2.75, 3.05) is 32.1 Å². The van der Waals surface area contributed by atoms with Crippen molar-refractivity contribution in [3.05, 3.63) is 11.1 Å². The zero-order valence-corrected chi connectivity index (χ0v) is 11.5. The lowest BCUT2D eigenvalue weighted by Gasteiger charge is -2.25. The second-order valence-corrected chi connectivity index (χ2v) is 5.32. The van der Waals surface area contributed by atoms with Gasteiger partial charge in [0.2, 0.25) is 0 Å². The maximum absolute atomic E-state index is 11.3. The molecule has 1 N–H and O–H groups in total. The molecule has 0 bridgehead atoms. The number of carbonyl (C=O) groups excluding carboxylic acids is 1. The molecular weight excluding hydrogens is 250 g/mol. The Morgan fingerprint density at radius 2 is 2.28 bits per heavy atom. The van der Waals surface area contributed by atoms with Crippen LogP contribution in [0.5, 0.6) is 0 Å². The maximum atomic E-state index is 11.3. The smallest absolute Gasteiger partial charge is 0.252 e. The number of thiazole rings is 1. The third kappa shape index (κ3) is 4.04. The van der Waals surface area contributed by atoms with Crippen LogP contribution in [0.15, 0.2) is 5.38 Å². The fourth-order valence-electron chi connectivity index (χ4n) is 2.07. The molecule has 2 rings (SSSR count). The van der Waals surface area contributed by atoms with Gasteiger partial charge in [0, 0.05) is 19.0 Å². The molecule has 0 aliphatic carbocycles.